The highest BCUT2D eigenvalue weighted by Crippen LogP contribution is 2.34. The average molecular weight is 364 g/mol. The van der Waals surface area contributed by atoms with E-state index >= 15 is 0 Å². The summed E-state index contributed by atoms with van der Waals surface area (Å²) >= 11 is 1.52. The van der Waals surface area contributed by atoms with Gasteiger partial charge in [0.15, 0.2) is 0 Å². The fraction of sp³-hybridized carbons (Fsp3) is 0.684. The Kier molecular flexibility index (Phi) is 6.73. The highest BCUT2D eigenvalue weighted by Gasteiger charge is 2.39. The fourth-order valence-electron chi connectivity index (χ4n) is 3.90. The van der Waals surface area contributed by atoms with Crippen molar-refractivity contribution in [1.29, 1.82) is 0 Å². The lowest BCUT2D eigenvalue weighted by molar-refractivity contribution is -0.121. The summed E-state index contributed by atoms with van der Waals surface area (Å²) in [6.07, 6.45) is 7.94. The van der Waals surface area contributed by atoms with Crippen molar-refractivity contribution in [3.05, 3.63) is 24.4 Å². The molecular weight excluding hydrogens is 334 g/mol. The normalized spacial score (nSPS) is 22.3. The van der Waals surface area contributed by atoms with Crippen molar-refractivity contribution in [2.45, 2.75) is 54.8 Å². The number of nitrogens with zero attached hydrogens (tertiary/aromatic N) is 2. The average Bonchev–Trinajstić information content (AvgIpc) is 2.68. The summed E-state index contributed by atoms with van der Waals surface area (Å²) in [4.78, 5) is 19.5. The molecule has 6 heteroatoms. The summed E-state index contributed by atoms with van der Waals surface area (Å²) in [5, 5.41) is 4.00. The van der Waals surface area contributed by atoms with Crippen LogP contribution in [0.5, 0.6) is 0 Å². The molecule has 0 bridgehead atoms. The zero-order valence-corrected chi connectivity index (χ0v) is 15.9. The lowest BCUT2D eigenvalue weighted by atomic mass is 9.79. The Morgan fingerprint density at radius 1 is 1.32 bits per heavy atom. The highest BCUT2D eigenvalue weighted by atomic mass is 32.2. The van der Waals surface area contributed by atoms with Crippen molar-refractivity contribution in [1.82, 2.24) is 15.2 Å². The van der Waals surface area contributed by atoms with E-state index in [-0.39, 0.29) is 16.7 Å². The second-order valence-electron chi connectivity index (χ2n) is 7.03. The Hall–Kier alpha value is -1.11. The van der Waals surface area contributed by atoms with Gasteiger partial charge in [-0.3, -0.25) is 9.69 Å². The van der Waals surface area contributed by atoms with E-state index in [1.165, 1.54) is 43.9 Å². The Bertz CT molecular complexity index is 543. The van der Waals surface area contributed by atoms with Gasteiger partial charge in [-0.25, -0.2) is 4.98 Å². The minimum Gasteiger partial charge on any atom is -0.379 e. The Labute approximate surface area is 154 Å². The third-order valence-electron chi connectivity index (χ3n) is 5.36. The number of thioether (sulfide) groups is 1. The number of nitrogens with one attached hydrogen (secondary N) is 1. The van der Waals surface area contributed by atoms with E-state index in [1.54, 1.807) is 6.20 Å². The summed E-state index contributed by atoms with van der Waals surface area (Å²) in [6, 6.07) is 5.80. The van der Waals surface area contributed by atoms with E-state index in [4.69, 9.17) is 4.74 Å². The van der Waals surface area contributed by atoms with E-state index in [0.717, 1.165) is 37.9 Å². The SMILES string of the molecule is CC(Sc1ccccn1)C(=O)NCC1(N2CCOCC2)CCCCC1. The third kappa shape index (κ3) is 4.96. The van der Waals surface area contributed by atoms with Crippen LogP contribution in [0, 0.1) is 0 Å². The largest absolute Gasteiger partial charge is 0.379 e. The molecule has 1 saturated heterocycles. The number of carbonyl (C=O) groups is 1. The van der Waals surface area contributed by atoms with E-state index in [2.05, 4.69) is 15.2 Å². The van der Waals surface area contributed by atoms with Crippen LogP contribution in [0.4, 0.5) is 0 Å². The van der Waals surface area contributed by atoms with E-state index < -0.39 is 0 Å². The van der Waals surface area contributed by atoms with Crippen molar-refractivity contribution in [2.24, 2.45) is 0 Å². The van der Waals surface area contributed by atoms with Crippen molar-refractivity contribution in [2.75, 3.05) is 32.8 Å². The first-order valence-corrected chi connectivity index (χ1v) is 10.3. The highest BCUT2D eigenvalue weighted by molar-refractivity contribution is 8.00. The zero-order valence-electron chi connectivity index (χ0n) is 15.1. The van der Waals surface area contributed by atoms with Gasteiger partial charge in [-0.15, -0.1) is 0 Å². The monoisotopic (exact) mass is 363 g/mol. The fourth-order valence-corrected chi connectivity index (χ4v) is 4.73. The molecule has 0 spiro atoms. The molecule has 1 atom stereocenters. The van der Waals surface area contributed by atoms with Gasteiger partial charge in [0, 0.05) is 31.4 Å². The number of hydrogen-bond donors (Lipinski definition) is 1. The molecule has 5 nitrogen and oxygen atoms in total. The molecule has 1 amide bonds. The molecule has 1 aliphatic heterocycles. The molecule has 2 fully saturated rings. The van der Waals surface area contributed by atoms with Crippen LogP contribution < -0.4 is 5.32 Å². The number of morpholine rings is 1. The van der Waals surface area contributed by atoms with Gasteiger partial charge in [0.25, 0.3) is 0 Å². The molecular formula is C19H29N3O2S. The van der Waals surface area contributed by atoms with Crippen LogP contribution >= 0.6 is 11.8 Å². The van der Waals surface area contributed by atoms with Crippen LogP contribution in [0.15, 0.2) is 29.4 Å². The molecule has 2 heterocycles. The number of aromatic nitrogens is 1. The Balaban J connectivity index is 1.57. The maximum Gasteiger partial charge on any atom is 0.233 e. The molecule has 3 rings (SSSR count). The first kappa shape index (κ1) is 18.7. The van der Waals surface area contributed by atoms with Crippen molar-refractivity contribution < 1.29 is 9.53 Å². The van der Waals surface area contributed by atoms with E-state index in [1.807, 2.05) is 25.1 Å². The van der Waals surface area contributed by atoms with Gasteiger partial charge in [0.1, 0.15) is 0 Å². The van der Waals surface area contributed by atoms with Crippen LogP contribution in [-0.2, 0) is 9.53 Å². The lowest BCUT2D eigenvalue weighted by Gasteiger charge is -2.48. The van der Waals surface area contributed by atoms with Crippen LogP contribution in [0.1, 0.15) is 39.0 Å². The molecule has 1 saturated carbocycles. The summed E-state index contributed by atoms with van der Waals surface area (Å²) in [5.74, 6) is 0.105. The summed E-state index contributed by atoms with van der Waals surface area (Å²) in [6.45, 7) is 6.28. The van der Waals surface area contributed by atoms with Gasteiger partial charge in [0.05, 0.1) is 23.5 Å². The molecule has 1 unspecified atom stereocenters. The lowest BCUT2D eigenvalue weighted by Crippen LogP contribution is -2.60. The van der Waals surface area contributed by atoms with Gasteiger partial charge >= 0.3 is 0 Å². The van der Waals surface area contributed by atoms with Crippen LogP contribution in [0.3, 0.4) is 0 Å². The summed E-state index contributed by atoms with van der Waals surface area (Å²) in [7, 11) is 0. The Morgan fingerprint density at radius 2 is 2.08 bits per heavy atom. The first-order chi connectivity index (χ1) is 12.2. The predicted octanol–water partition coefficient (Wildman–Crippen LogP) is 2.71. The molecule has 138 valence electrons. The number of carbonyl (C=O) groups excluding carboxylic acids is 1. The minimum absolute atomic E-state index is 0.105. The molecule has 1 aliphatic carbocycles. The van der Waals surface area contributed by atoms with Crippen molar-refractivity contribution in [3.8, 4) is 0 Å². The number of rotatable bonds is 6. The second kappa shape index (κ2) is 9.01. The molecule has 2 aliphatic rings. The predicted molar refractivity (Wildman–Crippen MR) is 101 cm³/mol. The number of hydrogen-bond acceptors (Lipinski definition) is 5. The molecule has 25 heavy (non-hydrogen) atoms. The third-order valence-corrected chi connectivity index (χ3v) is 6.41. The van der Waals surface area contributed by atoms with Crippen LogP contribution in [0.2, 0.25) is 0 Å². The first-order valence-electron chi connectivity index (χ1n) is 9.38. The van der Waals surface area contributed by atoms with Gasteiger partial charge in [-0.1, -0.05) is 37.1 Å². The molecule has 1 aromatic rings. The maximum absolute atomic E-state index is 12.6. The van der Waals surface area contributed by atoms with Gasteiger partial charge in [-0.2, -0.15) is 0 Å². The molecule has 1 N–H and O–H groups in total. The molecule has 0 radical (unpaired) electrons. The van der Waals surface area contributed by atoms with Crippen LogP contribution in [0.25, 0.3) is 0 Å². The smallest absolute Gasteiger partial charge is 0.233 e. The molecule has 1 aromatic heterocycles. The van der Waals surface area contributed by atoms with E-state index in [9.17, 15) is 4.79 Å². The summed E-state index contributed by atoms with van der Waals surface area (Å²) < 4.78 is 5.53. The second-order valence-corrected chi connectivity index (χ2v) is 8.39. The minimum atomic E-state index is -0.139. The number of ether oxygens (including phenoxy) is 1. The quantitative estimate of drug-likeness (QED) is 0.788. The van der Waals surface area contributed by atoms with Crippen LogP contribution in [-0.4, -0.2) is 59.4 Å². The van der Waals surface area contributed by atoms with Gasteiger partial charge in [0.2, 0.25) is 5.91 Å². The maximum atomic E-state index is 12.6. The van der Waals surface area contributed by atoms with Crippen molar-refractivity contribution in [3.63, 3.8) is 0 Å². The van der Waals surface area contributed by atoms with Gasteiger partial charge in [-0.05, 0) is 31.9 Å². The zero-order chi connectivity index (χ0) is 17.5. The number of amides is 1. The number of pyridine rings is 1. The Morgan fingerprint density at radius 3 is 2.76 bits per heavy atom. The standard InChI is InChI=1S/C19H29N3O2S/c1-16(25-17-7-3-6-10-20-17)18(23)21-15-19(8-4-2-5-9-19)22-11-13-24-14-12-22/h3,6-7,10,16H,2,4-5,8-9,11-15H2,1H3,(H,21,23). The summed E-state index contributed by atoms with van der Waals surface area (Å²) in [5.41, 5.74) is 0.118. The topological polar surface area (TPSA) is 54.5 Å². The van der Waals surface area contributed by atoms with Gasteiger partial charge < -0.3 is 10.1 Å². The van der Waals surface area contributed by atoms with E-state index in [0.29, 0.717) is 0 Å². The van der Waals surface area contributed by atoms with Crippen molar-refractivity contribution >= 4 is 17.7 Å². The molecule has 0 aromatic carbocycles.